The van der Waals surface area contributed by atoms with Crippen LogP contribution >= 0.6 is 0 Å². The van der Waals surface area contributed by atoms with Crippen LogP contribution in [-0.4, -0.2) is 5.78 Å². The zero-order valence-electron chi connectivity index (χ0n) is 4.56. The standard InChI is InChI=1S/C5H9NO/c1-4(3-6)5(2)7/h3H,6H2,1-2H3. The van der Waals surface area contributed by atoms with Crippen molar-refractivity contribution < 1.29 is 4.79 Å². The van der Waals surface area contributed by atoms with Crippen LogP contribution < -0.4 is 5.73 Å². The van der Waals surface area contributed by atoms with Crippen molar-refractivity contribution in [2.45, 2.75) is 13.8 Å². The van der Waals surface area contributed by atoms with E-state index in [4.69, 9.17) is 5.73 Å². The average Bonchev–Trinajstić information content (AvgIpc) is 1.65. The Bertz CT molecular complexity index is 105. The summed E-state index contributed by atoms with van der Waals surface area (Å²) in [5, 5.41) is 0. The zero-order chi connectivity index (χ0) is 5.86. The van der Waals surface area contributed by atoms with Crippen LogP contribution in [-0.2, 0) is 4.79 Å². The number of rotatable bonds is 1. The minimum Gasteiger partial charge on any atom is -0.404 e. The predicted octanol–water partition coefficient (Wildman–Crippen LogP) is 0.438. The smallest absolute Gasteiger partial charge is 0.156 e. The van der Waals surface area contributed by atoms with Gasteiger partial charge in [0, 0.05) is 11.8 Å². The summed E-state index contributed by atoms with van der Waals surface area (Å²) in [5.74, 6) is 0.0301. The first-order chi connectivity index (χ1) is 3.18. The monoisotopic (exact) mass is 99.1 g/mol. The molecule has 2 heteroatoms. The van der Waals surface area contributed by atoms with Gasteiger partial charge >= 0.3 is 0 Å². The summed E-state index contributed by atoms with van der Waals surface area (Å²) >= 11 is 0. The normalized spacial score (nSPS) is 11.4. The molecule has 0 aliphatic carbocycles. The highest BCUT2D eigenvalue weighted by Gasteiger charge is 1.89. The van der Waals surface area contributed by atoms with Crippen molar-refractivity contribution in [1.82, 2.24) is 0 Å². The van der Waals surface area contributed by atoms with Crippen LogP contribution in [0.15, 0.2) is 11.8 Å². The highest BCUT2D eigenvalue weighted by atomic mass is 16.1. The number of nitrogens with two attached hydrogens (primary N) is 1. The van der Waals surface area contributed by atoms with Gasteiger partial charge in [0.25, 0.3) is 0 Å². The largest absolute Gasteiger partial charge is 0.404 e. The molecular weight excluding hydrogens is 90.1 g/mol. The van der Waals surface area contributed by atoms with E-state index >= 15 is 0 Å². The Morgan fingerprint density at radius 2 is 2.00 bits per heavy atom. The van der Waals surface area contributed by atoms with Crippen molar-refractivity contribution in [2.24, 2.45) is 5.73 Å². The van der Waals surface area contributed by atoms with Crippen LogP contribution in [0.4, 0.5) is 0 Å². The van der Waals surface area contributed by atoms with Gasteiger partial charge in [0.1, 0.15) is 0 Å². The van der Waals surface area contributed by atoms with Gasteiger partial charge in [-0.15, -0.1) is 0 Å². The van der Waals surface area contributed by atoms with Crippen molar-refractivity contribution in [3.05, 3.63) is 11.8 Å². The first kappa shape index (κ1) is 6.21. The van der Waals surface area contributed by atoms with Crippen LogP contribution in [0.3, 0.4) is 0 Å². The predicted molar refractivity (Wildman–Crippen MR) is 28.6 cm³/mol. The molecule has 2 N–H and O–H groups in total. The second-order valence-corrected chi connectivity index (χ2v) is 1.41. The van der Waals surface area contributed by atoms with Gasteiger partial charge in [-0.1, -0.05) is 0 Å². The van der Waals surface area contributed by atoms with Crippen molar-refractivity contribution in [3.63, 3.8) is 0 Å². The maximum Gasteiger partial charge on any atom is 0.156 e. The topological polar surface area (TPSA) is 43.1 Å². The molecule has 0 aromatic rings. The fourth-order valence-corrected chi connectivity index (χ4v) is 0.117. The van der Waals surface area contributed by atoms with E-state index in [2.05, 4.69) is 0 Å². The molecule has 0 aromatic heterocycles. The molecule has 2 nitrogen and oxygen atoms in total. The minimum absolute atomic E-state index is 0.0301. The van der Waals surface area contributed by atoms with E-state index in [1.54, 1.807) is 6.92 Å². The molecule has 0 fully saturated rings. The van der Waals surface area contributed by atoms with Crippen molar-refractivity contribution in [2.75, 3.05) is 0 Å². The Morgan fingerprint density at radius 3 is 2.00 bits per heavy atom. The van der Waals surface area contributed by atoms with E-state index in [1.807, 2.05) is 0 Å². The maximum absolute atomic E-state index is 10.2. The highest BCUT2D eigenvalue weighted by Crippen LogP contribution is 1.87. The number of Topliss-reactive ketones (excluding diaryl/α,β-unsaturated/α-hetero) is 1. The third-order valence-corrected chi connectivity index (χ3v) is 0.805. The molecule has 7 heavy (non-hydrogen) atoms. The molecule has 0 rings (SSSR count). The first-order valence-corrected chi connectivity index (χ1v) is 2.08. The highest BCUT2D eigenvalue weighted by molar-refractivity contribution is 5.92. The molecule has 0 bridgehead atoms. The van der Waals surface area contributed by atoms with E-state index in [-0.39, 0.29) is 5.78 Å². The third kappa shape index (κ3) is 1.98. The van der Waals surface area contributed by atoms with E-state index in [0.717, 1.165) is 0 Å². The lowest BCUT2D eigenvalue weighted by Crippen LogP contribution is -1.94. The van der Waals surface area contributed by atoms with Crippen molar-refractivity contribution >= 4 is 5.78 Å². The Balaban J connectivity index is 3.82. The van der Waals surface area contributed by atoms with Crippen molar-refractivity contribution in [1.29, 1.82) is 0 Å². The lowest BCUT2D eigenvalue weighted by atomic mass is 10.2. The Morgan fingerprint density at radius 1 is 1.57 bits per heavy atom. The summed E-state index contributed by atoms with van der Waals surface area (Å²) in [7, 11) is 0. The molecule has 0 spiro atoms. The van der Waals surface area contributed by atoms with Crippen LogP contribution in [0.1, 0.15) is 13.8 Å². The molecule has 0 saturated carbocycles. The van der Waals surface area contributed by atoms with Crippen LogP contribution in [0.25, 0.3) is 0 Å². The van der Waals surface area contributed by atoms with E-state index in [1.165, 1.54) is 13.1 Å². The molecule has 0 aliphatic heterocycles. The number of carbonyl (C=O) groups is 1. The van der Waals surface area contributed by atoms with Gasteiger partial charge in [-0.2, -0.15) is 0 Å². The van der Waals surface area contributed by atoms with E-state index < -0.39 is 0 Å². The molecule has 40 valence electrons. The summed E-state index contributed by atoms with van der Waals surface area (Å²) in [6.45, 7) is 3.17. The lowest BCUT2D eigenvalue weighted by Gasteiger charge is -1.85. The fourth-order valence-electron chi connectivity index (χ4n) is 0.117. The maximum atomic E-state index is 10.2. The second-order valence-electron chi connectivity index (χ2n) is 1.41. The quantitative estimate of drug-likeness (QED) is 0.484. The summed E-state index contributed by atoms with van der Waals surface area (Å²) in [5.41, 5.74) is 5.60. The second kappa shape index (κ2) is 2.39. The number of carbonyl (C=O) groups excluding carboxylic acids is 1. The van der Waals surface area contributed by atoms with Gasteiger partial charge < -0.3 is 5.73 Å². The van der Waals surface area contributed by atoms with Gasteiger partial charge in [-0.3, -0.25) is 4.79 Å². The third-order valence-electron chi connectivity index (χ3n) is 0.805. The van der Waals surface area contributed by atoms with Gasteiger partial charge in [-0.05, 0) is 13.8 Å². The molecule has 0 aromatic carbocycles. The van der Waals surface area contributed by atoms with Gasteiger partial charge in [0.2, 0.25) is 0 Å². The Hall–Kier alpha value is -0.790. The van der Waals surface area contributed by atoms with Gasteiger partial charge in [0.05, 0.1) is 0 Å². The first-order valence-electron chi connectivity index (χ1n) is 2.08. The zero-order valence-corrected chi connectivity index (χ0v) is 4.56. The summed E-state index contributed by atoms with van der Waals surface area (Å²) in [4.78, 5) is 10.2. The average molecular weight is 99.1 g/mol. The number of ketones is 1. The summed E-state index contributed by atoms with van der Waals surface area (Å²) in [6.07, 6.45) is 1.31. The summed E-state index contributed by atoms with van der Waals surface area (Å²) in [6, 6.07) is 0. The van der Waals surface area contributed by atoms with Crippen LogP contribution in [0.5, 0.6) is 0 Å². The molecular formula is C5H9NO. The SMILES string of the molecule is CC(=O)C(C)=CN. The van der Waals surface area contributed by atoms with Crippen molar-refractivity contribution in [3.8, 4) is 0 Å². The molecule has 0 radical (unpaired) electrons. The lowest BCUT2D eigenvalue weighted by molar-refractivity contribution is -0.113. The molecule has 0 atom stereocenters. The molecule has 0 aliphatic rings. The Labute approximate surface area is 43.0 Å². The van der Waals surface area contributed by atoms with Crippen LogP contribution in [0, 0.1) is 0 Å². The molecule has 0 heterocycles. The van der Waals surface area contributed by atoms with Gasteiger partial charge in [-0.25, -0.2) is 0 Å². The number of allylic oxidation sites excluding steroid dienone is 1. The van der Waals surface area contributed by atoms with E-state index in [9.17, 15) is 4.79 Å². The minimum atomic E-state index is 0.0301. The number of hydrogen-bond acceptors (Lipinski definition) is 2. The molecule has 0 amide bonds. The molecule has 0 unspecified atom stereocenters. The Kier molecular flexibility index (Phi) is 2.12. The fraction of sp³-hybridized carbons (Fsp3) is 0.400. The van der Waals surface area contributed by atoms with Gasteiger partial charge in [0.15, 0.2) is 5.78 Å². The molecule has 0 saturated heterocycles. The van der Waals surface area contributed by atoms with E-state index in [0.29, 0.717) is 5.57 Å². The summed E-state index contributed by atoms with van der Waals surface area (Å²) < 4.78 is 0. The van der Waals surface area contributed by atoms with Crippen LogP contribution in [0.2, 0.25) is 0 Å². The number of hydrogen-bond donors (Lipinski definition) is 1.